The summed E-state index contributed by atoms with van der Waals surface area (Å²) in [5, 5.41) is 7.04. The van der Waals surface area contributed by atoms with Gasteiger partial charge in [0, 0.05) is 12.0 Å². The molecule has 2 aromatic rings. The van der Waals surface area contributed by atoms with Crippen LogP contribution in [0.3, 0.4) is 0 Å². The Morgan fingerprint density at radius 1 is 1.28 bits per heavy atom. The second-order valence-electron chi connectivity index (χ2n) is 7.70. The van der Waals surface area contributed by atoms with Crippen LogP contribution >= 0.6 is 0 Å². The lowest BCUT2D eigenvalue weighted by molar-refractivity contribution is -0.138. The van der Waals surface area contributed by atoms with Gasteiger partial charge in [0.05, 0.1) is 28.8 Å². The summed E-state index contributed by atoms with van der Waals surface area (Å²) in [5.74, 6) is -1.02. The Hall–Kier alpha value is -2.36. The lowest BCUT2D eigenvalue weighted by atomic mass is 10.0. The monoisotopic (exact) mass is 427 g/mol. The number of halogens is 3. The Morgan fingerprint density at radius 3 is 2.66 bits per heavy atom. The number of nitrogens with one attached hydrogen (secondary N) is 1. The maximum atomic E-state index is 13.2. The number of rotatable bonds is 4. The highest BCUT2D eigenvalue weighted by molar-refractivity contribution is 7.91. The maximum absolute atomic E-state index is 13.2. The van der Waals surface area contributed by atoms with Gasteiger partial charge < -0.3 is 5.32 Å². The van der Waals surface area contributed by atoms with E-state index in [1.807, 2.05) is 0 Å². The van der Waals surface area contributed by atoms with Crippen molar-refractivity contribution in [2.24, 2.45) is 5.92 Å². The Kier molecular flexibility index (Phi) is 4.71. The SMILES string of the molecule is Cc1cc(NC(=O)C2CC2c2ccccc2C(F)(F)F)n(C2CCS(=O)(=O)C2)n1. The number of amides is 1. The van der Waals surface area contributed by atoms with Gasteiger partial charge in [-0.15, -0.1) is 0 Å². The summed E-state index contributed by atoms with van der Waals surface area (Å²) in [6, 6.07) is 6.60. The highest BCUT2D eigenvalue weighted by Gasteiger charge is 2.48. The molecular formula is C19H20F3N3O3S. The molecule has 1 aliphatic carbocycles. The Labute approximate surface area is 166 Å². The van der Waals surface area contributed by atoms with Crippen molar-refractivity contribution in [1.29, 1.82) is 0 Å². The van der Waals surface area contributed by atoms with Gasteiger partial charge in [0.2, 0.25) is 5.91 Å². The zero-order valence-corrected chi connectivity index (χ0v) is 16.4. The van der Waals surface area contributed by atoms with Crippen molar-refractivity contribution in [3.8, 4) is 0 Å². The standard InChI is InChI=1S/C19H20F3N3O3S/c1-11-8-17(25(24-11)12-6-7-29(27,28)10-12)23-18(26)15-9-14(15)13-4-2-3-5-16(13)19(20,21)22/h2-5,8,12,14-15H,6-7,9-10H2,1H3,(H,23,26). The van der Waals surface area contributed by atoms with E-state index in [-0.39, 0.29) is 29.0 Å². The number of aryl methyl sites for hydroxylation is 1. The van der Waals surface area contributed by atoms with Gasteiger partial charge in [-0.25, -0.2) is 13.1 Å². The zero-order valence-electron chi connectivity index (χ0n) is 15.6. The first-order valence-corrected chi connectivity index (χ1v) is 11.1. The number of sulfone groups is 1. The first-order chi connectivity index (χ1) is 13.5. The average molecular weight is 427 g/mol. The zero-order chi connectivity index (χ0) is 21.0. The smallest absolute Gasteiger partial charge is 0.311 e. The van der Waals surface area contributed by atoms with Gasteiger partial charge in [0.1, 0.15) is 5.82 Å². The van der Waals surface area contributed by atoms with Crippen LogP contribution < -0.4 is 5.32 Å². The summed E-state index contributed by atoms with van der Waals surface area (Å²) in [5.41, 5.74) is 0.0448. The topological polar surface area (TPSA) is 81.1 Å². The van der Waals surface area contributed by atoms with E-state index < -0.39 is 33.4 Å². The molecule has 3 atom stereocenters. The van der Waals surface area contributed by atoms with E-state index in [0.29, 0.717) is 24.4 Å². The molecule has 0 bridgehead atoms. The predicted molar refractivity (Wildman–Crippen MR) is 100 cm³/mol. The molecule has 29 heavy (non-hydrogen) atoms. The Morgan fingerprint density at radius 2 is 2.00 bits per heavy atom. The molecule has 6 nitrogen and oxygen atoms in total. The molecule has 0 radical (unpaired) electrons. The van der Waals surface area contributed by atoms with Crippen molar-refractivity contribution < 1.29 is 26.4 Å². The van der Waals surface area contributed by atoms with E-state index in [1.54, 1.807) is 13.0 Å². The van der Waals surface area contributed by atoms with Gasteiger partial charge in [0.25, 0.3) is 0 Å². The number of benzene rings is 1. The molecule has 10 heteroatoms. The number of carbonyl (C=O) groups excluding carboxylic acids is 1. The van der Waals surface area contributed by atoms with Gasteiger partial charge in [-0.05, 0) is 37.3 Å². The number of anilines is 1. The number of nitrogens with zero attached hydrogens (tertiary/aromatic N) is 2. The lowest BCUT2D eigenvalue weighted by Crippen LogP contribution is -2.21. The molecule has 1 aromatic heterocycles. The van der Waals surface area contributed by atoms with Crippen LogP contribution in [0.4, 0.5) is 19.0 Å². The molecule has 3 unspecified atom stereocenters. The van der Waals surface area contributed by atoms with Gasteiger partial charge >= 0.3 is 6.18 Å². The minimum absolute atomic E-state index is 0.0397. The maximum Gasteiger partial charge on any atom is 0.416 e. The van der Waals surface area contributed by atoms with E-state index in [2.05, 4.69) is 10.4 Å². The van der Waals surface area contributed by atoms with Crippen LogP contribution in [0.15, 0.2) is 30.3 Å². The Balaban J connectivity index is 1.50. The molecule has 1 aromatic carbocycles. The number of alkyl halides is 3. The molecule has 2 fully saturated rings. The van der Waals surface area contributed by atoms with Crippen LogP contribution in [0.2, 0.25) is 0 Å². The fraction of sp³-hybridized carbons (Fsp3) is 0.474. The van der Waals surface area contributed by atoms with Crippen molar-refractivity contribution in [2.75, 3.05) is 16.8 Å². The lowest BCUT2D eigenvalue weighted by Gasteiger charge is -2.14. The minimum atomic E-state index is -4.47. The van der Waals surface area contributed by atoms with Gasteiger partial charge in [-0.2, -0.15) is 18.3 Å². The van der Waals surface area contributed by atoms with Crippen LogP contribution in [0.25, 0.3) is 0 Å². The molecule has 1 saturated carbocycles. The van der Waals surface area contributed by atoms with Crippen LogP contribution in [0.1, 0.15) is 41.6 Å². The number of hydrogen-bond donors (Lipinski definition) is 1. The largest absolute Gasteiger partial charge is 0.416 e. The van der Waals surface area contributed by atoms with Crippen LogP contribution in [0, 0.1) is 12.8 Å². The first kappa shape index (κ1) is 19.9. The summed E-state index contributed by atoms with van der Waals surface area (Å²) < 4.78 is 64.8. The summed E-state index contributed by atoms with van der Waals surface area (Å²) in [4.78, 5) is 12.7. The van der Waals surface area contributed by atoms with Crippen molar-refractivity contribution in [3.05, 3.63) is 47.2 Å². The Bertz CT molecular complexity index is 1060. The second-order valence-corrected chi connectivity index (χ2v) is 9.92. The number of carbonyl (C=O) groups is 1. The fourth-order valence-corrected chi connectivity index (χ4v) is 5.67. The number of hydrogen-bond acceptors (Lipinski definition) is 4. The molecule has 0 spiro atoms. The highest BCUT2D eigenvalue weighted by atomic mass is 32.2. The predicted octanol–water partition coefficient (Wildman–Crippen LogP) is 3.31. The number of aromatic nitrogens is 2. The molecular weight excluding hydrogens is 407 g/mol. The molecule has 1 aliphatic heterocycles. The van der Waals surface area contributed by atoms with Crippen LogP contribution in [-0.4, -0.2) is 35.6 Å². The van der Waals surface area contributed by atoms with Crippen molar-refractivity contribution in [2.45, 2.75) is 37.9 Å². The third kappa shape index (κ3) is 4.03. The molecule has 4 rings (SSSR count). The molecule has 1 N–H and O–H groups in total. The summed E-state index contributed by atoms with van der Waals surface area (Å²) in [6.07, 6.45) is -3.72. The normalized spacial score (nSPS) is 25.7. The van der Waals surface area contributed by atoms with E-state index in [0.717, 1.165) is 6.07 Å². The minimum Gasteiger partial charge on any atom is -0.311 e. The van der Waals surface area contributed by atoms with Gasteiger partial charge in [-0.3, -0.25) is 4.79 Å². The molecule has 1 saturated heterocycles. The molecule has 2 heterocycles. The summed E-state index contributed by atoms with van der Waals surface area (Å²) in [7, 11) is -3.13. The van der Waals surface area contributed by atoms with Crippen LogP contribution in [-0.2, 0) is 20.8 Å². The molecule has 2 aliphatic rings. The van der Waals surface area contributed by atoms with E-state index in [1.165, 1.54) is 22.9 Å². The van der Waals surface area contributed by atoms with Crippen LogP contribution in [0.5, 0.6) is 0 Å². The van der Waals surface area contributed by atoms with Crippen molar-refractivity contribution >= 4 is 21.6 Å². The first-order valence-electron chi connectivity index (χ1n) is 9.29. The third-order valence-electron chi connectivity index (χ3n) is 5.46. The molecule has 156 valence electrons. The summed E-state index contributed by atoms with van der Waals surface area (Å²) in [6.45, 7) is 1.73. The van der Waals surface area contributed by atoms with E-state index in [9.17, 15) is 26.4 Å². The average Bonchev–Trinajstić information content (AvgIpc) is 3.24. The molecule has 1 amide bonds. The van der Waals surface area contributed by atoms with Crippen molar-refractivity contribution in [1.82, 2.24) is 9.78 Å². The van der Waals surface area contributed by atoms with Crippen molar-refractivity contribution in [3.63, 3.8) is 0 Å². The van der Waals surface area contributed by atoms with E-state index in [4.69, 9.17) is 0 Å². The van der Waals surface area contributed by atoms with E-state index >= 15 is 0 Å². The highest BCUT2D eigenvalue weighted by Crippen LogP contribution is 2.51. The quantitative estimate of drug-likeness (QED) is 0.812. The summed E-state index contributed by atoms with van der Waals surface area (Å²) >= 11 is 0. The third-order valence-corrected chi connectivity index (χ3v) is 7.21. The van der Waals surface area contributed by atoms with Gasteiger partial charge in [0.15, 0.2) is 9.84 Å². The second kappa shape index (κ2) is 6.86. The van der Waals surface area contributed by atoms with Gasteiger partial charge in [-0.1, -0.05) is 18.2 Å². The fourth-order valence-electron chi connectivity index (χ4n) is 3.98.